The fourth-order valence-electron chi connectivity index (χ4n) is 12.4. The summed E-state index contributed by atoms with van der Waals surface area (Å²) in [5.74, 6) is 0. The summed E-state index contributed by atoms with van der Waals surface area (Å²) >= 11 is 0. The zero-order chi connectivity index (χ0) is 44.2. The zero-order valence-corrected chi connectivity index (χ0v) is 39.8. The molecule has 3 aliphatic heterocycles. The van der Waals surface area contributed by atoms with Gasteiger partial charge in [0.15, 0.2) is 0 Å². The zero-order valence-electron chi connectivity index (χ0n) is 39.8. The summed E-state index contributed by atoms with van der Waals surface area (Å²) < 4.78 is 2.68. The molecule has 2 atom stereocenters. The molecule has 0 amide bonds. The Morgan fingerprint density at radius 2 is 1.16 bits per heavy atom. The van der Waals surface area contributed by atoms with Gasteiger partial charge in [-0.1, -0.05) is 167 Å². The van der Waals surface area contributed by atoms with Crippen LogP contribution in [0.4, 0.5) is 28.4 Å². The van der Waals surface area contributed by atoms with Gasteiger partial charge in [-0.05, 0) is 129 Å². The molecule has 0 spiro atoms. The maximum atomic E-state index is 2.90. The Labute approximate surface area is 377 Å². The van der Waals surface area contributed by atoms with Gasteiger partial charge in [0.1, 0.15) is 0 Å². The molecule has 1 saturated carbocycles. The van der Waals surface area contributed by atoms with Crippen LogP contribution in [-0.4, -0.2) is 16.8 Å². The molecule has 3 nitrogen and oxygen atoms in total. The molecule has 4 heteroatoms. The number of rotatable bonds is 4. The molecule has 6 aromatic carbocycles. The largest absolute Gasteiger partial charge is 0.335 e. The molecule has 0 radical (unpaired) electrons. The summed E-state index contributed by atoms with van der Waals surface area (Å²) in [7, 11) is 0. The van der Waals surface area contributed by atoms with Crippen LogP contribution in [0.2, 0.25) is 0 Å². The lowest BCUT2D eigenvalue weighted by molar-refractivity contribution is 0.195. The number of aryl methyl sites for hydroxylation is 1. The van der Waals surface area contributed by atoms with E-state index in [9.17, 15) is 0 Å². The highest BCUT2D eigenvalue weighted by Gasteiger charge is 2.61. The van der Waals surface area contributed by atoms with Crippen molar-refractivity contribution in [2.45, 2.75) is 136 Å². The Morgan fingerprint density at radius 1 is 0.571 bits per heavy atom. The highest BCUT2D eigenvalue weighted by Crippen LogP contribution is 2.62. The minimum absolute atomic E-state index is 0.00532. The molecule has 11 rings (SSSR count). The average molecular weight is 826 g/mol. The van der Waals surface area contributed by atoms with Crippen molar-refractivity contribution in [1.29, 1.82) is 0 Å². The third-order valence-electron chi connectivity index (χ3n) is 16.2. The van der Waals surface area contributed by atoms with Crippen molar-refractivity contribution in [2.24, 2.45) is 0 Å². The molecule has 4 heterocycles. The Balaban J connectivity index is 1.29. The second-order valence-corrected chi connectivity index (χ2v) is 23.0. The summed E-state index contributed by atoms with van der Waals surface area (Å²) in [4.78, 5) is 5.44. The molecule has 7 aromatic rings. The van der Waals surface area contributed by atoms with Gasteiger partial charge in [-0.25, -0.2) is 0 Å². The van der Waals surface area contributed by atoms with Gasteiger partial charge in [-0.2, -0.15) is 0 Å². The van der Waals surface area contributed by atoms with Crippen LogP contribution < -0.4 is 26.2 Å². The van der Waals surface area contributed by atoms with Gasteiger partial charge in [0.2, 0.25) is 0 Å². The first-order valence-electron chi connectivity index (χ1n) is 23.7. The Bertz CT molecular complexity index is 2930. The molecule has 318 valence electrons. The van der Waals surface area contributed by atoms with Crippen molar-refractivity contribution in [3.8, 4) is 16.9 Å². The van der Waals surface area contributed by atoms with Crippen molar-refractivity contribution in [3.63, 3.8) is 0 Å². The SMILES string of the molecule is Cc1c(-c2ccccc2)n2c3c(cccc13)B1c3cc(C(C)(C)C)cc4c3N(c3cc(N(c5ccc(C(C)(C)C)cc5)c5ccc(C(C)(C)C)cc5)cc-2c31)C1(C)CCCCC41C. The van der Waals surface area contributed by atoms with E-state index in [1.807, 2.05) is 0 Å². The first-order chi connectivity index (χ1) is 29.8. The molecule has 2 unspecified atom stereocenters. The summed E-state index contributed by atoms with van der Waals surface area (Å²) in [5, 5.41) is 1.34. The Kier molecular flexibility index (Phi) is 8.50. The van der Waals surface area contributed by atoms with Crippen LogP contribution >= 0.6 is 0 Å². The third kappa shape index (κ3) is 5.65. The van der Waals surface area contributed by atoms with E-state index < -0.39 is 0 Å². The first kappa shape index (κ1) is 40.3. The maximum Gasteiger partial charge on any atom is 0.252 e. The predicted octanol–water partition coefficient (Wildman–Crippen LogP) is 13.9. The van der Waals surface area contributed by atoms with Gasteiger partial charge in [0, 0.05) is 44.8 Å². The molecule has 63 heavy (non-hydrogen) atoms. The number of hydrogen-bond acceptors (Lipinski definition) is 2. The van der Waals surface area contributed by atoms with E-state index in [0.29, 0.717) is 0 Å². The van der Waals surface area contributed by atoms with Crippen LogP contribution in [0.15, 0.2) is 121 Å². The van der Waals surface area contributed by atoms with Crippen molar-refractivity contribution in [1.82, 2.24) is 4.57 Å². The van der Waals surface area contributed by atoms with E-state index in [-0.39, 0.29) is 33.9 Å². The topological polar surface area (TPSA) is 11.4 Å². The lowest BCUT2D eigenvalue weighted by Crippen LogP contribution is -2.64. The number of fused-ring (bicyclic) bond motifs is 7. The first-order valence-corrected chi connectivity index (χ1v) is 23.7. The van der Waals surface area contributed by atoms with Crippen molar-refractivity contribution < 1.29 is 0 Å². The summed E-state index contributed by atoms with van der Waals surface area (Å²) in [6, 6.07) is 47.5. The number of para-hydroxylation sites is 1. The van der Waals surface area contributed by atoms with Gasteiger partial charge in [0.25, 0.3) is 6.71 Å². The number of anilines is 5. The molecule has 1 aromatic heterocycles. The van der Waals surface area contributed by atoms with E-state index in [0.717, 1.165) is 6.42 Å². The normalized spacial score (nSPS) is 19.9. The van der Waals surface area contributed by atoms with Crippen LogP contribution in [0.5, 0.6) is 0 Å². The van der Waals surface area contributed by atoms with Crippen LogP contribution in [0.1, 0.15) is 130 Å². The van der Waals surface area contributed by atoms with Crippen LogP contribution in [0.3, 0.4) is 0 Å². The lowest BCUT2D eigenvalue weighted by Gasteiger charge is -2.52. The van der Waals surface area contributed by atoms with E-state index in [1.54, 1.807) is 5.56 Å². The quantitative estimate of drug-likeness (QED) is 0.164. The Morgan fingerprint density at radius 3 is 1.76 bits per heavy atom. The van der Waals surface area contributed by atoms with E-state index in [2.05, 4.69) is 219 Å². The number of benzene rings is 6. The van der Waals surface area contributed by atoms with E-state index in [1.165, 1.54) is 114 Å². The molecular weight excluding hydrogens is 761 g/mol. The van der Waals surface area contributed by atoms with Gasteiger partial charge >= 0.3 is 0 Å². The monoisotopic (exact) mass is 826 g/mol. The number of hydrogen-bond donors (Lipinski definition) is 0. The molecule has 0 saturated heterocycles. The van der Waals surface area contributed by atoms with Crippen LogP contribution in [-0.2, 0) is 21.7 Å². The minimum Gasteiger partial charge on any atom is -0.335 e. The average Bonchev–Trinajstić information content (AvgIpc) is 3.66. The summed E-state index contributed by atoms with van der Waals surface area (Å²) in [6.45, 7) is 28.8. The Hall–Kier alpha value is -5.48. The van der Waals surface area contributed by atoms with Crippen LogP contribution in [0, 0.1) is 6.92 Å². The molecule has 1 aliphatic carbocycles. The molecular formula is C59H64BN3. The summed E-state index contributed by atoms with van der Waals surface area (Å²) in [5.41, 5.74) is 23.0. The van der Waals surface area contributed by atoms with Gasteiger partial charge in [-0.15, -0.1) is 0 Å². The molecule has 4 aliphatic rings. The standard InChI is InChI=1S/C59H64BN3/c1-37-45-21-18-22-47-53(45)62(52(37)38-19-14-13-15-20-38)49-35-44(61(42-27-23-39(24-28-42)55(2,3)4)43-29-25-40(26-30-43)56(5,6)7)36-50-51(49)60(47)48-34-41(57(8,9)10)33-46-54(48)63(50)59(12)32-17-16-31-58(46,59)11/h13-15,18-30,33-36H,16-17,31-32H2,1-12H3. The lowest BCUT2D eigenvalue weighted by atomic mass is 9.33. The number of aromatic nitrogens is 1. The minimum atomic E-state index is -0.0924. The van der Waals surface area contributed by atoms with Crippen molar-refractivity contribution in [3.05, 3.63) is 149 Å². The van der Waals surface area contributed by atoms with E-state index >= 15 is 0 Å². The molecule has 0 bridgehead atoms. The molecule has 1 fully saturated rings. The number of nitrogens with zero attached hydrogens (tertiary/aromatic N) is 3. The van der Waals surface area contributed by atoms with Gasteiger partial charge < -0.3 is 14.4 Å². The third-order valence-corrected chi connectivity index (χ3v) is 16.2. The smallest absolute Gasteiger partial charge is 0.252 e. The highest BCUT2D eigenvalue weighted by atomic mass is 15.3. The maximum absolute atomic E-state index is 2.90. The molecule has 0 N–H and O–H groups in total. The second-order valence-electron chi connectivity index (χ2n) is 23.0. The fraction of sp³-hybridized carbons (Fsp3) is 0.356. The van der Waals surface area contributed by atoms with E-state index in [4.69, 9.17) is 0 Å². The summed E-state index contributed by atoms with van der Waals surface area (Å²) in [6.07, 6.45) is 4.88. The van der Waals surface area contributed by atoms with Crippen molar-refractivity contribution in [2.75, 3.05) is 9.80 Å². The predicted molar refractivity (Wildman–Crippen MR) is 272 cm³/mol. The van der Waals surface area contributed by atoms with Gasteiger partial charge in [-0.3, -0.25) is 0 Å². The van der Waals surface area contributed by atoms with Crippen LogP contribution in [0.25, 0.3) is 27.8 Å². The second kappa shape index (κ2) is 13.3. The fourth-order valence-corrected chi connectivity index (χ4v) is 12.4. The van der Waals surface area contributed by atoms with Crippen molar-refractivity contribution >= 4 is 62.4 Å². The van der Waals surface area contributed by atoms with Gasteiger partial charge in [0.05, 0.1) is 16.9 Å². The highest BCUT2D eigenvalue weighted by molar-refractivity contribution is 7.00.